The standard InChI is InChI=1S/C14H18ClNO2/c1-7-8(2)18-9(3)13(7)14(17)11-5-4-10(16)6-12(11)15/h4-9,13H,16H2,1-3H3. The van der Waals surface area contributed by atoms with Crippen LogP contribution in [0.1, 0.15) is 31.1 Å². The van der Waals surface area contributed by atoms with Gasteiger partial charge in [0, 0.05) is 11.3 Å². The van der Waals surface area contributed by atoms with Gasteiger partial charge in [0.2, 0.25) is 0 Å². The fourth-order valence-corrected chi connectivity index (χ4v) is 2.91. The van der Waals surface area contributed by atoms with E-state index in [2.05, 4.69) is 0 Å². The van der Waals surface area contributed by atoms with Crippen molar-refractivity contribution in [2.75, 3.05) is 5.73 Å². The number of carbonyl (C=O) groups is 1. The van der Waals surface area contributed by atoms with Gasteiger partial charge in [-0.15, -0.1) is 0 Å². The highest BCUT2D eigenvalue weighted by Gasteiger charge is 2.42. The largest absolute Gasteiger partial charge is 0.399 e. The molecule has 98 valence electrons. The van der Waals surface area contributed by atoms with Crippen molar-refractivity contribution in [1.82, 2.24) is 0 Å². The van der Waals surface area contributed by atoms with Crippen LogP contribution in [0.2, 0.25) is 5.02 Å². The molecule has 0 amide bonds. The zero-order valence-electron chi connectivity index (χ0n) is 10.8. The lowest BCUT2D eigenvalue weighted by molar-refractivity contribution is 0.0491. The summed E-state index contributed by atoms with van der Waals surface area (Å²) in [5.74, 6) is 0.103. The number of nitrogens with two attached hydrogens (primary N) is 1. The third-order valence-electron chi connectivity index (χ3n) is 3.80. The van der Waals surface area contributed by atoms with Crippen LogP contribution in [0.4, 0.5) is 5.69 Å². The second-order valence-corrected chi connectivity index (χ2v) is 5.44. The highest BCUT2D eigenvalue weighted by Crippen LogP contribution is 2.36. The van der Waals surface area contributed by atoms with Gasteiger partial charge in [-0.1, -0.05) is 18.5 Å². The molecule has 2 N–H and O–H groups in total. The first-order chi connectivity index (χ1) is 8.41. The Kier molecular flexibility index (Phi) is 3.64. The number of ketones is 1. The highest BCUT2D eigenvalue weighted by atomic mass is 35.5. The normalized spacial score (nSPS) is 31.6. The minimum atomic E-state index is -0.138. The molecule has 18 heavy (non-hydrogen) atoms. The first-order valence-electron chi connectivity index (χ1n) is 6.16. The predicted octanol–water partition coefficient (Wildman–Crippen LogP) is 3.16. The van der Waals surface area contributed by atoms with Crippen molar-refractivity contribution in [3.63, 3.8) is 0 Å². The lowest BCUT2D eigenvalue weighted by Crippen LogP contribution is -2.27. The van der Waals surface area contributed by atoms with Crippen LogP contribution < -0.4 is 5.73 Å². The second kappa shape index (κ2) is 4.90. The highest BCUT2D eigenvalue weighted by molar-refractivity contribution is 6.34. The van der Waals surface area contributed by atoms with E-state index >= 15 is 0 Å². The number of carbonyl (C=O) groups excluding carboxylic acids is 1. The van der Waals surface area contributed by atoms with Gasteiger partial charge in [0.15, 0.2) is 5.78 Å². The summed E-state index contributed by atoms with van der Waals surface area (Å²) in [6, 6.07) is 5.01. The summed E-state index contributed by atoms with van der Waals surface area (Å²) in [4.78, 5) is 12.5. The smallest absolute Gasteiger partial charge is 0.170 e. The number of hydrogen-bond donors (Lipinski definition) is 1. The molecule has 0 radical (unpaired) electrons. The maximum Gasteiger partial charge on any atom is 0.170 e. The van der Waals surface area contributed by atoms with Crippen LogP contribution >= 0.6 is 11.6 Å². The van der Waals surface area contributed by atoms with Crippen LogP contribution in [0.3, 0.4) is 0 Å². The third kappa shape index (κ3) is 2.25. The summed E-state index contributed by atoms with van der Waals surface area (Å²) in [6.07, 6.45) is 0.0256. The molecule has 0 spiro atoms. The van der Waals surface area contributed by atoms with E-state index in [-0.39, 0.29) is 29.8 Å². The van der Waals surface area contributed by atoms with E-state index in [0.29, 0.717) is 16.3 Å². The van der Waals surface area contributed by atoms with Crippen LogP contribution in [0.25, 0.3) is 0 Å². The van der Waals surface area contributed by atoms with E-state index in [9.17, 15) is 4.79 Å². The summed E-state index contributed by atoms with van der Waals surface area (Å²) in [5, 5.41) is 0.416. The van der Waals surface area contributed by atoms with Crippen molar-refractivity contribution in [3.05, 3.63) is 28.8 Å². The number of rotatable bonds is 2. The number of ether oxygens (including phenoxy) is 1. The Morgan fingerprint density at radius 2 is 1.94 bits per heavy atom. The van der Waals surface area contributed by atoms with Gasteiger partial charge >= 0.3 is 0 Å². The van der Waals surface area contributed by atoms with E-state index < -0.39 is 0 Å². The SMILES string of the molecule is CC1OC(C)C(C(=O)c2ccc(N)cc2Cl)C1C. The molecule has 4 heteroatoms. The molecule has 2 rings (SSSR count). The molecule has 1 aromatic rings. The number of hydrogen-bond acceptors (Lipinski definition) is 3. The van der Waals surface area contributed by atoms with E-state index in [1.165, 1.54) is 0 Å². The van der Waals surface area contributed by atoms with E-state index in [1.54, 1.807) is 18.2 Å². The molecule has 4 unspecified atom stereocenters. The first-order valence-corrected chi connectivity index (χ1v) is 6.54. The van der Waals surface area contributed by atoms with Gasteiger partial charge in [-0.25, -0.2) is 0 Å². The topological polar surface area (TPSA) is 52.3 Å². The number of halogens is 1. The number of Topliss-reactive ketones (excluding diaryl/α,β-unsaturated/α-hetero) is 1. The molecule has 0 bridgehead atoms. The maximum atomic E-state index is 12.5. The summed E-state index contributed by atoms with van der Waals surface area (Å²) in [5.41, 5.74) is 6.74. The summed E-state index contributed by atoms with van der Waals surface area (Å²) < 4.78 is 5.70. The molecule has 3 nitrogen and oxygen atoms in total. The van der Waals surface area contributed by atoms with Crippen molar-refractivity contribution >= 4 is 23.1 Å². The fraction of sp³-hybridized carbons (Fsp3) is 0.500. The molecule has 0 aromatic heterocycles. The minimum Gasteiger partial charge on any atom is -0.399 e. The Morgan fingerprint density at radius 3 is 2.44 bits per heavy atom. The summed E-state index contributed by atoms with van der Waals surface area (Å²) in [7, 11) is 0. The molecule has 1 saturated heterocycles. The molecule has 1 aliphatic heterocycles. The van der Waals surface area contributed by atoms with Crippen LogP contribution in [-0.2, 0) is 4.74 Å². The predicted molar refractivity (Wildman–Crippen MR) is 72.9 cm³/mol. The number of anilines is 1. The van der Waals surface area contributed by atoms with Gasteiger partial charge in [-0.3, -0.25) is 4.79 Å². The van der Waals surface area contributed by atoms with Crippen LogP contribution in [0.5, 0.6) is 0 Å². The van der Waals surface area contributed by atoms with Crippen molar-refractivity contribution in [2.45, 2.75) is 33.0 Å². The molecule has 1 fully saturated rings. The molecule has 1 heterocycles. The summed E-state index contributed by atoms with van der Waals surface area (Å²) in [6.45, 7) is 5.98. The van der Waals surface area contributed by atoms with Crippen molar-refractivity contribution in [1.29, 1.82) is 0 Å². The van der Waals surface area contributed by atoms with Gasteiger partial charge in [0.25, 0.3) is 0 Å². The Labute approximate surface area is 112 Å². The van der Waals surface area contributed by atoms with Crippen LogP contribution in [0, 0.1) is 11.8 Å². The zero-order valence-corrected chi connectivity index (χ0v) is 11.6. The van der Waals surface area contributed by atoms with Crippen LogP contribution in [0.15, 0.2) is 18.2 Å². The number of nitrogen functional groups attached to an aromatic ring is 1. The third-order valence-corrected chi connectivity index (χ3v) is 4.12. The molecule has 0 saturated carbocycles. The van der Waals surface area contributed by atoms with Crippen molar-refractivity contribution in [3.8, 4) is 0 Å². The molecule has 0 aliphatic carbocycles. The lowest BCUT2D eigenvalue weighted by Gasteiger charge is -2.17. The first kappa shape index (κ1) is 13.4. The second-order valence-electron chi connectivity index (χ2n) is 5.03. The molecule has 1 aliphatic rings. The van der Waals surface area contributed by atoms with Crippen molar-refractivity contribution in [2.24, 2.45) is 11.8 Å². The Balaban J connectivity index is 2.31. The van der Waals surface area contributed by atoms with E-state index in [0.717, 1.165) is 0 Å². The van der Waals surface area contributed by atoms with Crippen LogP contribution in [-0.4, -0.2) is 18.0 Å². The Bertz CT molecular complexity index is 475. The fourth-order valence-electron chi connectivity index (χ4n) is 2.63. The zero-order chi connectivity index (χ0) is 13.4. The molecular formula is C14H18ClNO2. The number of benzene rings is 1. The Morgan fingerprint density at radius 1 is 1.28 bits per heavy atom. The van der Waals surface area contributed by atoms with Gasteiger partial charge in [-0.05, 0) is 38.0 Å². The van der Waals surface area contributed by atoms with Gasteiger partial charge in [0.1, 0.15) is 0 Å². The van der Waals surface area contributed by atoms with Crippen molar-refractivity contribution < 1.29 is 9.53 Å². The van der Waals surface area contributed by atoms with Gasteiger partial charge < -0.3 is 10.5 Å². The minimum absolute atomic E-state index is 0.0457. The van der Waals surface area contributed by atoms with Gasteiger partial charge in [-0.2, -0.15) is 0 Å². The average molecular weight is 268 g/mol. The Hall–Kier alpha value is -1.06. The summed E-state index contributed by atoms with van der Waals surface area (Å²) >= 11 is 6.09. The monoisotopic (exact) mass is 267 g/mol. The van der Waals surface area contributed by atoms with Gasteiger partial charge in [0.05, 0.1) is 23.1 Å². The molecule has 4 atom stereocenters. The quantitative estimate of drug-likeness (QED) is 0.661. The van der Waals surface area contributed by atoms with E-state index in [4.69, 9.17) is 22.1 Å². The average Bonchev–Trinajstić information content (AvgIpc) is 2.52. The maximum absolute atomic E-state index is 12.5. The molecule has 1 aromatic carbocycles. The molecular weight excluding hydrogens is 250 g/mol. The van der Waals surface area contributed by atoms with E-state index in [1.807, 2.05) is 20.8 Å². The lowest BCUT2D eigenvalue weighted by atomic mass is 9.83.